The summed E-state index contributed by atoms with van der Waals surface area (Å²) >= 11 is 0. The molecule has 0 aromatic heterocycles. The Labute approximate surface area is 55.6 Å². The monoisotopic (exact) mass is 127 g/mol. The normalized spacial score (nSPS) is 32.9. The van der Waals surface area contributed by atoms with Gasteiger partial charge in [0, 0.05) is 12.0 Å². The molecule has 1 aliphatic rings. The van der Waals surface area contributed by atoms with E-state index >= 15 is 0 Å². The maximum Gasteiger partial charge on any atom is 0.153 e. The molecule has 0 saturated carbocycles. The lowest BCUT2D eigenvalue weighted by molar-refractivity contribution is -0.121. The molecule has 1 aliphatic heterocycles. The van der Waals surface area contributed by atoms with E-state index in [1.807, 2.05) is 20.8 Å². The van der Waals surface area contributed by atoms with Crippen molar-refractivity contribution in [3.63, 3.8) is 0 Å². The number of ketones is 1. The van der Waals surface area contributed by atoms with E-state index < -0.39 is 0 Å². The summed E-state index contributed by atoms with van der Waals surface area (Å²) in [6, 6.07) is 0.602. The van der Waals surface area contributed by atoms with Gasteiger partial charge in [0.1, 0.15) is 0 Å². The summed E-state index contributed by atoms with van der Waals surface area (Å²) < 4.78 is 0. The van der Waals surface area contributed by atoms with Crippen LogP contribution in [0.2, 0.25) is 0 Å². The summed E-state index contributed by atoms with van der Waals surface area (Å²) in [4.78, 5) is 11.1. The molecular formula is C7H13NO. The molecule has 0 aromatic rings. The second-order valence-electron chi connectivity index (χ2n) is 2.99. The van der Waals surface area contributed by atoms with E-state index in [-0.39, 0.29) is 12.0 Å². The maximum absolute atomic E-state index is 11.1. The Hall–Kier alpha value is -0.370. The van der Waals surface area contributed by atoms with Crippen LogP contribution in [0, 0.1) is 5.92 Å². The van der Waals surface area contributed by atoms with Crippen molar-refractivity contribution in [2.45, 2.75) is 32.9 Å². The molecule has 0 amide bonds. The van der Waals surface area contributed by atoms with E-state index in [9.17, 15) is 4.79 Å². The Bertz CT molecular complexity index is 131. The molecule has 0 radical (unpaired) electrons. The van der Waals surface area contributed by atoms with Crippen LogP contribution in [0.5, 0.6) is 0 Å². The van der Waals surface area contributed by atoms with Gasteiger partial charge in [0.05, 0.1) is 6.04 Å². The molecule has 1 fully saturated rings. The van der Waals surface area contributed by atoms with Crippen LogP contribution < -0.4 is 5.32 Å². The van der Waals surface area contributed by atoms with E-state index in [2.05, 4.69) is 5.32 Å². The number of Topliss-reactive ketones (excluding diaryl/α,β-unsaturated/α-hetero) is 1. The highest BCUT2D eigenvalue weighted by Crippen LogP contribution is 2.14. The van der Waals surface area contributed by atoms with Gasteiger partial charge >= 0.3 is 0 Å². The largest absolute Gasteiger partial charge is 0.302 e. The molecule has 0 aromatic carbocycles. The molecule has 1 N–H and O–H groups in total. The number of carbonyl (C=O) groups excluding carboxylic acids is 1. The highest BCUT2D eigenvalue weighted by molar-refractivity contribution is 5.89. The Kier molecular flexibility index (Phi) is 1.58. The van der Waals surface area contributed by atoms with Crippen molar-refractivity contribution in [1.82, 2.24) is 5.32 Å². The average molecular weight is 127 g/mol. The molecule has 0 aliphatic carbocycles. The highest BCUT2D eigenvalue weighted by Gasteiger charge is 2.38. The minimum absolute atomic E-state index is 0.171. The highest BCUT2D eigenvalue weighted by atomic mass is 16.1. The summed E-state index contributed by atoms with van der Waals surface area (Å²) in [6.07, 6.45) is 0. The van der Waals surface area contributed by atoms with E-state index in [0.29, 0.717) is 11.8 Å². The first-order valence-electron chi connectivity index (χ1n) is 3.42. The summed E-state index contributed by atoms with van der Waals surface area (Å²) in [5.41, 5.74) is 0. The van der Waals surface area contributed by atoms with Crippen molar-refractivity contribution in [2.75, 3.05) is 0 Å². The lowest BCUT2D eigenvalue weighted by Gasteiger charge is -1.98. The Morgan fingerprint density at radius 3 is 2.11 bits per heavy atom. The molecule has 1 rings (SSSR count). The fraction of sp³-hybridized carbons (Fsp3) is 0.857. The Morgan fingerprint density at radius 2 is 2.00 bits per heavy atom. The fourth-order valence-corrected chi connectivity index (χ4v) is 0.915. The van der Waals surface area contributed by atoms with Crippen LogP contribution in [-0.4, -0.2) is 17.9 Å². The Morgan fingerprint density at radius 1 is 1.56 bits per heavy atom. The minimum atomic E-state index is 0.171. The summed E-state index contributed by atoms with van der Waals surface area (Å²) in [6.45, 7) is 5.91. The summed E-state index contributed by atoms with van der Waals surface area (Å²) in [7, 11) is 0. The third-order valence-electron chi connectivity index (χ3n) is 1.71. The van der Waals surface area contributed by atoms with Crippen LogP contribution in [0.25, 0.3) is 0 Å². The molecule has 1 heterocycles. The van der Waals surface area contributed by atoms with Gasteiger partial charge in [-0.25, -0.2) is 0 Å². The van der Waals surface area contributed by atoms with Gasteiger partial charge in [-0.05, 0) is 6.92 Å². The van der Waals surface area contributed by atoms with Crippen molar-refractivity contribution < 1.29 is 4.79 Å². The summed E-state index contributed by atoms with van der Waals surface area (Å²) in [5, 5.41) is 3.06. The third-order valence-corrected chi connectivity index (χ3v) is 1.71. The molecule has 0 spiro atoms. The number of rotatable bonds is 2. The molecule has 0 unspecified atom stereocenters. The van der Waals surface area contributed by atoms with Gasteiger partial charge in [0.15, 0.2) is 5.78 Å². The first-order chi connectivity index (χ1) is 4.13. The van der Waals surface area contributed by atoms with Crippen molar-refractivity contribution in [3.05, 3.63) is 0 Å². The van der Waals surface area contributed by atoms with E-state index in [1.165, 1.54) is 0 Å². The van der Waals surface area contributed by atoms with E-state index in [4.69, 9.17) is 0 Å². The number of hydrogen-bond donors (Lipinski definition) is 1. The fourth-order valence-electron chi connectivity index (χ4n) is 0.915. The predicted molar refractivity (Wildman–Crippen MR) is 36.2 cm³/mol. The molecule has 0 bridgehead atoms. The van der Waals surface area contributed by atoms with E-state index in [1.54, 1.807) is 0 Å². The van der Waals surface area contributed by atoms with E-state index in [0.717, 1.165) is 0 Å². The molecular weight excluding hydrogens is 114 g/mol. The molecule has 2 heteroatoms. The van der Waals surface area contributed by atoms with Gasteiger partial charge in [-0.15, -0.1) is 0 Å². The zero-order chi connectivity index (χ0) is 7.02. The number of hydrogen-bond acceptors (Lipinski definition) is 2. The average Bonchev–Trinajstić information content (AvgIpc) is 2.44. The van der Waals surface area contributed by atoms with Crippen LogP contribution in [0.15, 0.2) is 0 Å². The topological polar surface area (TPSA) is 39.0 Å². The van der Waals surface area contributed by atoms with Gasteiger partial charge in [-0.1, -0.05) is 13.8 Å². The number of carbonyl (C=O) groups is 1. The zero-order valence-electron chi connectivity index (χ0n) is 6.14. The molecule has 2 nitrogen and oxygen atoms in total. The molecule has 1 saturated heterocycles. The lowest BCUT2D eigenvalue weighted by Crippen LogP contribution is -2.16. The second-order valence-corrected chi connectivity index (χ2v) is 2.99. The van der Waals surface area contributed by atoms with Crippen molar-refractivity contribution in [3.8, 4) is 0 Å². The minimum Gasteiger partial charge on any atom is -0.302 e. The standard InChI is InChI=1S/C7H13NO/c1-4(2)7(9)6-5(3)8-6/h4-6,8H,1-3H3/t5-,6+/m0/s1. The van der Waals surface area contributed by atoms with Crippen LogP contribution in [0.1, 0.15) is 20.8 Å². The van der Waals surface area contributed by atoms with Gasteiger partial charge in [-0.3, -0.25) is 4.79 Å². The van der Waals surface area contributed by atoms with Crippen LogP contribution >= 0.6 is 0 Å². The molecule has 2 atom stereocenters. The van der Waals surface area contributed by atoms with Crippen molar-refractivity contribution in [1.29, 1.82) is 0 Å². The quantitative estimate of drug-likeness (QED) is 0.551. The van der Waals surface area contributed by atoms with Crippen molar-refractivity contribution in [2.24, 2.45) is 5.92 Å². The van der Waals surface area contributed by atoms with Crippen LogP contribution in [0.3, 0.4) is 0 Å². The van der Waals surface area contributed by atoms with Gasteiger partial charge < -0.3 is 5.32 Å². The summed E-state index contributed by atoms with van der Waals surface area (Å²) in [5.74, 6) is 0.537. The second kappa shape index (κ2) is 2.10. The zero-order valence-corrected chi connectivity index (χ0v) is 6.14. The molecule has 9 heavy (non-hydrogen) atoms. The van der Waals surface area contributed by atoms with Crippen LogP contribution in [0.4, 0.5) is 0 Å². The van der Waals surface area contributed by atoms with Gasteiger partial charge in [-0.2, -0.15) is 0 Å². The SMILES string of the molecule is CC(C)C(=O)[C@@H]1N[C@H]1C. The maximum atomic E-state index is 11.1. The number of nitrogens with one attached hydrogen (secondary N) is 1. The lowest BCUT2D eigenvalue weighted by atomic mass is 10.1. The predicted octanol–water partition coefficient (Wildman–Crippen LogP) is 0.572. The third kappa shape index (κ3) is 1.30. The van der Waals surface area contributed by atoms with Gasteiger partial charge in [0.25, 0.3) is 0 Å². The Balaban J connectivity index is 2.36. The first-order valence-corrected chi connectivity index (χ1v) is 3.42. The van der Waals surface area contributed by atoms with Gasteiger partial charge in [0.2, 0.25) is 0 Å². The van der Waals surface area contributed by atoms with Crippen LogP contribution in [-0.2, 0) is 4.79 Å². The smallest absolute Gasteiger partial charge is 0.153 e. The molecule has 52 valence electrons. The van der Waals surface area contributed by atoms with Crippen molar-refractivity contribution >= 4 is 5.78 Å². The first kappa shape index (κ1) is 6.75.